The van der Waals surface area contributed by atoms with E-state index in [2.05, 4.69) is 58.4 Å². The molecule has 0 saturated heterocycles. The zero-order valence-corrected chi connectivity index (χ0v) is 17.7. The van der Waals surface area contributed by atoms with Crippen LogP contribution < -0.4 is 0 Å². The number of fused-ring (bicyclic) bond motifs is 1. The Bertz CT molecular complexity index is 1160. The van der Waals surface area contributed by atoms with E-state index in [0.717, 1.165) is 0 Å². The Morgan fingerprint density at radius 3 is 2.48 bits per heavy atom. The quantitative estimate of drug-likeness (QED) is 0.204. The maximum atomic E-state index is 11.0. The summed E-state index contributed by atoms with van der Waals surface area (Å²) in [5, 5.41) is 13.4. The minimum Gasteiger partial charge on any atom is -0.358 e. The largest absolute Gasteiger partial charge is 0.381 e. The third kappa shape index (κ3) is 4.76. The fourth-order valence-electron chi connectivity index (χ4n) is 4.00. The van der Waals surface area contributed by atoms with Crippen molar-refractivity contribution in [2.24, 2.45) is 0 Å². The topological polar surface area (TPSA) is 64.2 Å². The number of rotatable bonds is 9. The molecule has 1 heterocycles. The van der Waals surface area contributed by atoms with E-state index in [0.29, 0.717) is 25.5 Å². The van der Waals surface area contributed by atoms with Gasteiger partial charge in [-0.2, -0.15) is 0 Å². The van der Waals surface area contributed by atoms with Crippen molar-refractivity contribution in [2.75, 3.05) is 19.0 Å². The summed E-state index contributed by atoms with van der Waals surface area (Å²) in [5.74, 6) is 0.343. The lowest BCUT2D eigenvalue weighted by atomic mass is 9.92. The zero-order chi connectivity index (χ0) is 21.6. The van der Waals surface area contributed by atoms with Crippen molar-refractivity contribution in [3.8, 4) is 0 Å². The number of imidazole rings is 1. The van der Waals surface area contributed by atoms with Gasteiger partial charge in [-0.25, -0.2) is 0 Å². The predicted octanol–water partition coefficient (Wildman–Crippen LogP) is 5.27. The fourth-order valence-corrected chi connectivity index (χ4v) is 4.22. The molecule has 0 bridgehead atoms. The summed E-state index contributed by atoms with van der Waals surface area (Å²) in [6.07, 6.45) is 2.97. The number of nitro groups is 1. The standard InChI is InChI=1S/C24H23ClN4O2/c25-13-14-28(16-15-27-17-23(26-18-27)29(30)31)24(20-8-2-1-3-9-20)22-12-6-10-19-7-4-5-11-21(19)22/h1-12,17-18,24H,13-16H2. The molecule has 0 radical (unpaired) electrons. The van der Waals surface area contributed by atoms with Crippen LogP contribution in [0.4, 0.5) is 5.82 Å². The van der Waals surface area contributed by atoms with Gasteiger partial charge in [0.2, 0.25) is 6.33 Å². The highest BCUT2D eigenvalue weighted by atomic mass is 35.5. The summed E-state index contributed by atoms with van der Waals surface area (Å²) in [7, 11) is 0. The van der Waals surface area contributed by atoms with Crippen LogP contribution in [0, 0.1) is 10.1 Å². The maximum absolute atomic E-state index is 11.0. The minimum absolute atomic E-state index is 0.00422. The number of hydrogen-bond donors (Lipinski definition) is 0. The summed E-state index contributed by atoms with van der Waals surface area (Å²) >= 11 is 6.21. The van der Waals surface area contributed by atoms with Crippen LogP contribution in [-0.2, 0) is 6.54 Å². The Labute approximate surface area is 185 Å². The highest BCUT2D eigenvalue weighted by Crippen LogP contribution is 2.33. The Balaban J connectivity index is 1.72. The molecule has 0 fully saturated rings. The van der Waals surface area contributed by atoms with Crippen LogP contribution >= 0.6 is 11.6 Å². The second kappa shape index (κ2) is 9.73. The van der Waals surface area contributed by atoms with E-state index in [-0.39, 0.29) is 11.9 Å². The van der Waals surface area contributed by atoms with E-state index < -0.39 is 4.92 Å². The smallest absolute Gasteiger partial charge is 0.358 e. The monoisotopic (exact) mass is 434 g/mol. The molecule has 0 saturated carbocycles. The van der Waals surface area contributed by atoms with E-state index in [4.69, 9.17) is 11.6 Å². The van der Waals surface area contributed by atoms with Crippen LogP contribution in [0.3, 0.4) is 0 Å². The SMILES string of the molecule is O=[N+]([O-])c1cn(CCN(CCCl)C(c2ccccc2)c2cccc3ccccc23)cn1. The number of nitrogens with zero attached hydrogens (tertiary/aromatic N) is 4. The first-order valence-corrected chi connectivity index (χ1v) is 10.7. The summed E-state index contributed by atoms with van der Waals surface area (Å²) in [6, 6.07) is 25.1. The van der Waals surface area contributed by atoms with Crippen molar-refractivity contribution in [1.29, 1.82) is 0 Å². The first-order valence-electron chi connectivity index (χ1n) is 10.2. The highest BCUT2D eigenvalue weighted by molar-refractivity contribution is 6.18. The van der Waals surface area contributed by atoms with Gasteiger partial charge in [0, 0.05) is 25.5 Å². The average Bonchev–Trinajstić information content (AvgIpc) is 3.28. The van der Waals surface area contributed by atoms with E-state index in [9.17, 15) is 10.1 Å². The van der Waals surface area contributed by atoms with Gasteiger partial charge in [0.1, 0.15) is 6.20 Å². The lowest BCUT2D eigenvalue weighted by Gasteiger charge is -2.33. The third-order valence-electron chi connectivity index (χ3n) is 5.42. The van der Waals surface area contributed by atoms with Crippen LogP contribution in [-0.4, -0.2) is 38.3 Å². The van der Waals surface area contributed by atoms with Crippen molar-refractivity contribution in [3.63, 3.8) is 0 Å². The molecule has 1 aromatic heterocycles. The number of hydrogen-bond acceptors (Lipinski definition) is 4. The molecule has 0 N–H and O–H groups in total. The van der Waals surface area contributed by atoms with E-state index >= 15 is 0 Å². The van der Waals surface area contributed by atoms with Crippen molar-refractivity contribution in [3.05, 3.63) is 107 Å². The molecule has 0 amide bonds. The van der Waals surface area contributed by atoms with Gasteiger partial charge in [0.05, 0.1) is 6.04 Å². The first kappa shape index (κ1) is 21.0. The summed E-state index contributed by atoms with van der Waals surface area (Å²) in [5.41, 5.74) is 2.40. The predicted molar refractivity (Wildman–Crippen MR) is 123 cm³/mol. The molecule has 31 heavy (non-hydrogen) atoms. The molecule has 4 aromatic rings. The van der Waals surface area contributed by atoms with Gasteiger partial charge < -0.3 is 14.7 Å². The first-order chi connectivity index (χ1) is 15.2. The second-order valence-corrected chi connectivity index (χ2v) is 7.71. The molecule has 7 heteroatoms. The molecule has 0 spiro atoms. The van der Waals surface area contributed by atoms with Crippen molar-refractivity contribution in [2.45, 2.75) is 12.6 Å². The lowest BCUT2D eigenvalue weighted by molar-refractivity contribution is -0.389. The highest BCUT2D eigenvalue weighted by Gasteiger charge is 2.24. The molecule has 0 aliphatic heterocycles. The van der Waals surface area contributed by atoms with Crippen LogP contribution in [0.5, 0.6) is 0 Å². The van der Waals surface area contributed by atoms with Crippen LogP contribution in [0.2, 0.25) is 0 Å². The zero-order valence-electron chi connectivity index (χ0n) is 17.0. The fraction of sp³-hybridized carbons (Fsp3) is 0.208. The Morgan fingerprint density at radius 2 is 1.74 bits per heavy atom. The Morgan fingerprint density at radius 1 is 1.00 bits per heavy atom. The number of halogens is 1. The van der Waals surface area contributed by atoms with Crippen molar-refractivity contribution in [1.82, 2.24) is 14.5 Å². The molecule has 4 rings (SSSR count). The maximum Gasteiger partial charge on any atom is 0.381 e. The Hall–Kier alpha value is -3.22. The van der Waals surface area contributed by atoms with Crippen molar-refractivity contribution >= 4 is 28.2 Å². The lowest BCUT2D eigenvalue weighted by Crippen LogP contribution is -2.34. The molecule has 158 valence electrons. The summed E-state index contributed by atoms with van der Waals surface area (Å²) < 4.78 is 1.75. The number of benzene rings is 3. The number of aromatic nitrogens is 2. The minimum atomic E-state index is -0.476. The second-order valence-electron chi connectivity index (χ2n) is 7.33. The summed E-state index contributed by atoms with van der Waals surface area (Å²) in [4.78, 5) is 16.7. The molecule has 1 atom stereocenters. The van der Waals surface area contributed by atoms with Gasteiger partial charge in [-0.05, 0) is 31.8 Å². The average molecular weight is 435 g/mol. The van der Waals surface area contributed by atoms with Gasteiger partial charge in [-0.1, -0.05) is 72.8 Å². The van der Waals surface area contributed by atoms with Gasteiger partial charge in [0.15, 0.2) is 0 Å². The van der Waals surface area contributed by atoms with Gasteiger partial charge in [-0.15, -0.1) is 11.6 Å². The van der Waals surface area contributed by atoms with Crippen molar-refractivity contribution < 1.29 is 4.92 Å². The van der Waals surface area contributed by atoms with Gasteiger partial charge in [-0.3, -0.25) is 4.90 Å². The normalized spacial score (nSPS) is 12.3. The van der Waals surface area contributed by atoms with Gasteiger partial charge in [0.25, 0.3) is 0 Å². The molecule has 0 aliphatic rings. The third-order valence-corrected chi connectivity index (χ3v) is 5.59. The van der Waals surface area contributed by atoms with E-state index in [1.54, 1.807) is 4.57 Å². The van der Waals surface area contributed by atoms with Crippen LogP contribution in [0.25, 0.3) is 10.8 Å². The van der Waals surface area contributed by atoms with Crippen LogP contribution in [0.1, 0.15) is 17.2 Å². The Kier molecular flexibility index (Phi) is 6.60. The summed E-state index contributed by atoms with van der Waals surface area (Å²) in [6.45, 7) is 1.93. The molecule has 3 aromatic carbocycles. The van der Waals surface area contributed by atoms with E-state index in [1.165, 1.54) is 34.4 Å². The van der Waals surface area contributed by atoms with Gasteiger partial charge >= 0.3 is 5.82 Å². The van der Waals surface area contributed by atoms with E-state index in [1.807, 2.05) is 24.3 Å². The molecular formula is C24H23ClN4O2. The molecule has 1 unspecified atom stereocenters. The number of alkyl halides is 1. The molecule has 6 nitrogen and oxygen atoms in total. The molecular weight excluding hydrogens is 412 g/mol. The molecule has 0 aliphatic carbocycles. The van der Waals surface area contributed by atoms with Crippen LogP contribution in [0.15, 0.2) is 85.3 Å².